The third-order valence-corrected chi connectivity index (χ3v) is 5.30. The van der Waals surface area contributed by atoms with Gasteiger partial charge in [-0.25, -0.2) is 4.79 Å². The third-order valence-electron chi connectivity index (χ3n) is 3.93. The first-order chi connectivity index (χ1) is 12.5. The van der Waals surface area contributed by atoms with Crippen LogP contribution in [0.25, 0.3) is 0 Å². The molecule has 0 saturated carbocycles. The van der Waals surface area contributed by atoms with Crippen LogP contribution < -0.4 is 0 Å². The van der Waals surface area contributed by atoms with E-state index in [2.05, 4.69) is 0 Å². The van der Waals surface area contributed by atoms with E-state index >= 15 is 0 Å². The molecule has 1 atom stereocenters. The molecule has 1 aliphatic rings. The van der Waals surface area contributed by atoms with E-state index in [0.29, 0.717) is 32.4 Å². The van der Waals surface area contributed by atoms with Crippen LogP contribution in [0.2, 0.25) is 0 Å². The van der Waals surface area contributed by atoms with Crippen molar-refractivity contribution in [1.82, 2.24) is 4.90 Å². The standard InChI is InChI=1S/C17H24N2O7S/c1-17(2,3)25-16(20)18-11-4-5-14(10-12-18)26-27(23,24)15-8-6-13(7-9-15)19(21)22/h6-9,14H,4-5,10-12H2,1-3H3. The fourth-order valence-corrected chi connectivity index (χ4v) is 3.77. The predicted octanol–water partition coefficient (Wildman–Crippen LogP) is 3.09. The van der Waals surface area contributed by atoms with Gasteiger partial charge in [0.15, 0.2) is 0 Å². The van der Waals surface area contributed by atoms with Gasteiger partial charge in [-0.2, -0.15) is 8.42 Å². The van der Waals surface area contributed by atoms with E-state index in [1.165, 1.54) is 0 Å². The summed E-state index contributed by atoms with van der Waals surface area (Å²) in [6.07, 6.45) is 0.412. The number of hydrogen-bond donors (Lipinski definition) is 0. The Labute approximate surface area is 158 Å². The van der Waals surface area contributed by atoms with Crippen LogP contribution in [0.1, 0.15) is 40.0 Å². The second-order valence-corrected chi connectivity index (χ2v) is 8.89. The van der Waals surface area contributed by atoms with Crippen molar-refractivity contribution in [1.29, 1.82) is 0 Å². The van der Waals surface area contributed by atoms with Crippen LogP contribution in [0.3, 0.4) is 0 Å². The van der Waals surface area contributed by atoms with E-state index in [4.69, 9.17) is 8.92 Å². The molecule has 9 nitrogen and oxygen atoms in total. The number of likely N-dealkylation sites (tertiary alicyclic amines) is 1. The Hall–Kier alpha value is -2.20. The Bertz CT molecular complexity index is 784. The number of nitro benzene ring substituents is 1. The second kappa shape index (κ2) is 8.22. The van der Waals surface area contributed by atoms with Crippen molar-refractivity contribution in [2.45, 2.75) is 56.6 Å². The molecular weight excluding hydrogens is 376 g/mol. The van der Waals surface area contributed by atoms with Crippen molar-refractivity contribution in [2.24, 2.45) is 0 Å². The molecule has 1 aromatic rings. The Morgan fingerprint density at radius 3 is 2.37 bits per heavy atom. The lowest BCUT2D eigenvalue weighted by molar-refractivity contribution is -0.384. The van der Waals surface area contributed by atoms with Gasteiger partial charge in [-0.3, -0.25) is 14.3 Å². The maximum atomic E-state index is 12.4. The van der Waals surface area contributed by atoms with Gasteiger partial charge in [0.25, 0.3) is 15.8 Å². The van der Waals surface area contributed by atoms with E-state index in [-0.39, 0.29) is 10.6 Å². The van der Waals surface area contributed by atoms with E-state index in [1.807, 2.05) is 0 Å². The zero-order chi connectivity index (χ0) is 20.2. The molecule has 1 fully saturated rings. The molecule has 1 saturated heterocycles. The molecule has 0 N–H and O–H groups in total. The molecule has 1 aliphatic heterocycles. The first-order valence-electron chi connectivity index (χ1n) is 8.63. The highest BCUT2D eigenvalue weighted by molar-refractivity contribution is 7.86. The lowest BCUT2D eigenvalue weighted by atomic mass is 10.2. The molecule has 0 aromatic heterocycles. The Morgan fingerprint density at radius 1 is 1.19 bits per heavy atom. The normalized spacial score (nSPS) is 18.6. The molecule has 0 bridgehead atoms. The number of non-ortho nitro benzene ring substituents is 1. The molecule has 1 heterocycles. The Morgan fingerprint density at radius 2 is 1.81 bits per heavy atom. The first-order valence-corrected chi connectivity index (χ1v) is 10.0. The van der Waals surface area contributed by atoms with E-state index < -0.39 is 32.8 Å². The topological polar surface area (TPSA) is 116 Å². The van der Waals surface area contributed by atoms with Gasteiger partial charge in [-0.1, -0.05) is 0 Å². The van der Waals surface area contributed by atoms with Crippen LogP contribution in [0, 0.1) is 10.1 Å². The molecule has 27 heavy (non-hydrogen) atoms. The summed E-state index contributed by atoms with van der Waals surface area (Å²) in [6, 6.07) is 4.54. The summed E-state index contributed by atoms with van der Waals surface area (Å²) in [7, 11) is -4.04. The number of nitrogens with zero attached hydrogens (tertiary/aromatic N) is 2. The van der Waals surface area contributed by atoms with Gasteiger partial charge in [0.05, 0.1) is 15.9 Å². The van der Waals surface area contributed by atoms with Gasteiger partial charge in [0.2, 0.25) is 0 Å². The molecule has 0 aliphatic carbocycles. The molecule has 1 amide bonds. The van der Waals surface area contributed by atoms with E-state index in [9.17, 15) is 23.3 Å². The smallest absolute Gasteiger partial charge is 0.410 e. The fraction of sp³-hybridized carbons (Fsp3) is 0.588. The van der Waals surface area contributed by atoms with Crippen molar-refractivity contribution in [2.75, 3.05) is 13.1 Å². The van der Waals surface area contributed by atoms with Gasteiger partial charge in [0, 0.05) is 25.2 Å². The van der Waals surface area contributed by atoms with Crippen LogP contribution in [-0.4, -0.2) is 49.1 Å². The number of carbonyl (C=O) groups excluding carboxylic acids is 1. The average molecular weight is 400 g/mol. The highest BCUT2D eigenvalue weighted by Crippen LogP contribution is 2.23. The van der Waals surface area contributed by atoms with Gasteiger partial charge in [0.1, 0.15) is 5.60 Å². The molecule has 2 rings (SSSR count). The fourth-order valence-electron chi connectivity index (χ4n) is 2.64. The summed E-state index contributed by atoms with van der Waals surface area (Å²) in [5.74, 6) is 0. The summed E-state index contributed by atoms with van der Waals surface area (Å²) in [6.45, 7) is 6.14. The summed E-state index contributed by atoms with van der Waals surface area (Å²) < 4.78 is 35.4. The van der Waals surface area contributed by atoms with Crippen molar-refractivity contribution in [3.05, 3.63) is 34.4 Å². The summed E-state index contributed by atoms with van der Waals surface area (Å²) in [5, 5.41) is 10.7. The number of nitro groups is 1. The number of amides is 1. The number of carbonyl (C=O) groups is 1. The number of ether oxygens (including phenoxy) is 1. The largest absolute Gasteiger partial charge is 0.444 e. The van der Waals surface area contributed by atoms with Gasteiger partial charge in [-0.15, -0.1) is 0 Å². The minimum absolute atomic E-state index is 0.138. The highest BCUT2D eigenvalue weighted by Gasteiger charge is 2.28. The van der Waals surface area contributed by atoms with Crippen molar-refractivity contribution < 1.29 is 27.1 Å². The number of hydrogen-bond acceptors (Lipinski definition) is 7. The number of benzene rings is 1. The van der Waals surface area contributed by atoms with Crippen LogP contribution in [0.4, 0.5) is 10.5 Å². The minimum Gasteiger partial charge on any atom is -0.444 e. The predicted molar refractivity (Wildman–Crippen MR) is 96.8 cm³/mol. The summed E-state index contributed by atoms with van der Waals surface area (Å²) >= 11 is 0. The summed E-state index contributed by atoms with van der Waals surface area (Å²) in [4.78, 5) is 23.6. The third kappa shape index (κ3) is 6.17. The molecule has 150 valence electrons. The Balaban J connectivity index is 1.99. The summed E-state index contributed by atoms with van der Waals surface area (Å²) in [5.41, 5.74) is -0.796. The first kappa shape index (κ1) is 21.1. The van der Waals surface area contributed by atoms with Gasteiger partial charge in [-0.05, 0) is 52.2 Å². The molecule has 1 aromatic carbocycles. The monoisotopic (exact) mass is 400 g/mol. The van der Waals surface area contributed by atoms with Crippen molar-refractivity contribution in [3.8, 4) is 0 Å². The van der Waals surface area contributed by atoms with Crippen molar-refractivity contribution >= 4 is 21.9 Å². The molecule has 1 unspecified atom stereocenters. The van der Waals surface area contributed by atoms with Crippen LogP contribution in [-0.2, 0) is 19.0 Å². The average Bonchev–Trinajstić information content (AvgIpc) is 2.78. The maximum absolute atomic E-state index is 12.4. The highest BCUT2D eigenvalue weighted by atomic mass is 32.2. The van der Waals surface area contributed by atoms with E-state index in [0.717, 1.165) is 24.3 Å². The quantitative estimate of drug-likeness (QED) is 0.433. The molecule has 0 spiro atoms. The zero-order valence-corrected chi connectivity index (χ0v) is 16.4. The molecule has 0 radical (unpaired) electrons. The molecule has 10 heteroatoms. The maximum Gasteiger partial charge on any atom is 0.410 e. The van der Waals surface area contributed by atoms with Gasteiger partial charge >= 0.3 is 6.09 Å². The van der Waals surface area contributed by atoms with Crippen LogP contribution in [0.5, 0.6) is 0 Å². The van der Waals surface area contributed by atoms with E-state index in [1.54, 1.807) is 25.7 Å². The van der Waals surface area contributed by atoms with Crippen LogP contribution in [0.15, 0.2) is 29.2 Å². The lowest BCUT2D eigenvalue weighted by Crippen LogP contribution is -2.37. The zero-order valence-electron chi connectivity index (χ0n) is 15.6. The number of rotatable bonds is 4. The minimum atomic E-state index is -4.04. The van der Waals surface area contributed by atoms with Crippen molar-refractivity contribution in [3.63, 3.8) is 0 Å². The van der Waals surface area contributed by atoms with Crippen LogP contribution >= 0.6 is 0 Å². The lowest BCUT2D eigenvalue weighted by Gasteiger charge is -2.26. The van der Waals surface area contributed by atoms with Gasteiger partial charge < -0.3 is 9.64 Å². The Kier molecular flexibility index (Phi) is 6.42. The molecular formula is C17H24N2O7S. The SMILES string of the molecule is CC(C)(C)OC(=O)N1CCCC(OS(=O)(=O)c2ccc([N+](=O)[O-])cc2)CC1. The second-order valence-electron chi connectivity index (χ2n) is 7.32.